The maximum Gasteiger partial charge on any atom is 0.258 e. The number of aliphatic hydroxyl groups is 1. The molecule has 1 aromatic carbocycles. The van der Waals surface area contributed by atoms with Gasteiger partial charge in [-0.25, -0.2) is 9.37 Å². The predicted octanol–water partition coefficient (Wildman–Crippen LogP) is 3.33. The van der Waals surface area contributed by atoms with E-state index in [0.717, 1.165) is 16.1 Å². The minimum Gasteiger partial charge on any atom is -0.485 e. The molecule has 2 heterocycles. The molecule has 2 aliphatic rings. The molecule has 1 saturated heterocycles. The minimum absolute atomic E-state index is 0.0191. The Balaban J connectivity index is 1.51. The van der Waals surface area contributed by atoms with Gasteiger partial charge < -0.3 is 25.4 Å². The topological polar surface area (TPSA) is 138 Å². The van der Waals surface area contributed by atoms with E-state index in [1.54, 1.807) is 40.1 Å². The number of rotatable bonds is 11. The van der Waals surface area contributed by atoms with Crippen LogP contribution in [0.2, 0.25) is 0 Å². The number of aliphatic hydroxyl groups excluding tert-OH is 1. The van der Waals surface area contributed by atoms with E-state index in [1.807, 2.05) is 25.1 Å². The first-order chi connectivity index (χ1) is 20.1. The Morgan fingerprint density at radius 3 is 2.51 bits per heavy atom. The molecule has 1 saturated carbocycles. The second-order valence-corrected chi connectivity index (χ2v) is 13.7. The lowest BCUT2D eigenvalue weighted by molar-refractivity contribution is -0.145. The van der Waals surface area contributed by atoms with Gasteiger partial charge >= 0.3 is 0 Å². The first-order valence-electron chi connectivity index (χ1n) is 14.6. The number of carbonyl (C=O) groups excluding carboxylic acids is 4. The summed E-state index contributed by atoms with van der Waals surface area (Å²) in [5.74, 6) is -1.70. The lowest BCUT2D eigenvalue weighted by Crippen LogP contribution is -2.59. The Hall–Kier alpha value is -3.38. The lowest BCUT2D eigenvalue weighted by atomic mass is 9.85. The molecule has 234 valence electrons. The average molecular weight is 617 g/mol. The zero-order valence-corrected chi connectivity index (χ0v) is 26.3. The van der Waals surface area contributed by atoms with E-state index in [2.05, 4.69) is 15.6 Å². The number of carbonyl (C=O) groups is 4. The number of β-amino-alcohol motifs (C(OH)–C–C–N with tert-alkyl or cyclic N) is 1. The van der Waals surface area contributed by atoms with Gasteiger partial charge in [0.25, 0.3) is 5.91 Å². The minimum atomic E-state index is -1.96. The average Bonchev–Trinajstić information content (AvgIpc) is 3.35. The molecular formula is C31H41FN4O6S. The number of ketones is 1. The highest BCUT2D eigenvalue weighted by Gasteiger charge is 2.53. The maximum atomic E-state index is 14.4. The van der Waals surface area contributed by atoms with Crippen molar-refractivity contribution in [3.8, 4) is 16.2 Å². The molecule has 0 unspecified atom stereocenters. The van der Waals surface area contributed by atoms with Crippen LogP contribution in [0.3, 0.4) is 0 Å². The van der Waals surface area contributed by atoms with E-state index in [1.165, 1.54) is 16.2 Å². The number of hydrogen-bond acceptors (Lipinski definition) is 8. The smallest absolute Gasteiger partial charge is 0.258 e. The lowest BCUT2D eigenvalue weighted by Gasteiger charge is -2.35. The Kier molecular flexibility index (Phi) is 9.60. The summed E-state index contributed by atoms with van der Waals surface area (Å²) in [6.45, 7) is 10.6. The molecular weight excluding hydrogens is 575 g/mol. The maximum absolute atomic E-state index is 14.4. The molecule has 0 radical (unpaired) electrons. The number of alkyl halides is 1. The highest BCUT2D eigenvalue weighted by molar-refractivity contribution is 7.13. The van der Waals surface area contributed by atoms with Crippen molar-refractivity contribution in [2.45, 2.75) is 91.2 Å². The van der Waals surface area contributed by atoms with Crippen LogP contribution in [-0.2, 0) is 25.7 Å². The van der Waals surface area contributed by atoms with Crippen molar-refractivity contribution in [1.82, 2.24) is 20.5 Å². The Labute approximate surface area is 255 Å². The summed E-state index contributed by atoms with van der Waals surface area (Å²) in [4.78, 5) is 58.5. The van der Waals surface area contributed by atoms with E-state index in [0.29, 0.717) is 11.3 Å². The Morgan fingerprint density at radius 1 is 1.23 bits per heavy atom. The van der Waals surface area contributed by atoms with Crippen LogP contribution in [0.1, 0.15) is 65.1 Å². The van der Waals surface area contributed by atoms with E-state index < -0.39 is 47.0 Å². The monoisotopic (exact) mass is 616 g/mol. The quantitative estimate of drug-likeness (QED) is 0.352. The zero-order chi connectivity index (χ0) is 31.7. The van der Waals surface area contributed by atoms with Crippen LogP contribution in [-0.4, -0.2) is 75.5 Å². The molecule has 3 amide bonds. The normalized spacial score (nSPS) is 20.1. The highest BCUT2D eigenvalue weighted by Crippen LogP contribution is 2.40. The van der Waals surface area contributed by atoms with Gasteiger partial charge in [0.05, 0.1) is 22.2 Å². The fraction of sp³-hybridized carbons (Fsp3) is 0.581. The van der Waals surface area contributed by atoms with Gasteiger partial charge in [-0.05, 0) is 36.8 Å². The molecule has 3 N–H and O–H groups in total. The Bertz CT molecular complexity index is 1380. The zero-order valence-electron chi connectivity index (χ0n) is 25.5. The molecule has 0 spiro atoms. The van der Waals surface area contributed by atoms with Crippen molar-refractivity contribution in [3.63, 3.8) is 0 Å². The number of benzene rings is 1. The van der Waals surface area contributed by atoms with Crippen LogP contribution in [0.15, 0.2) is 23.7 Å². The number of likely N-dealkylation sites (tertiary alicyclic amines) is 1. The number of nitrogens with one attached hydrogen (secondary N) is 2. The standard InChI is InChI=1S/C31H41FN4O6S/c1-17(2)23(38)15-42-24-11-19(25-18(3)34-16-43-25)7-8-20(24)13-33-27(39)22-12-21(37)14-36(22)28(40)26(30(4,5)6)35-29(41)31(32)9-10-31/h7-8,11,16-17,21-22,26,37H,9-10,12-15H2,1-6H3,(H,33,39)(H,35,41)/t21-,22+,26-/m1/s1. The summed E-state index contributed by atoms with van der Waals surface area (Å²) in [5.41, 5.74) is 1.38. The number of aryl methyl sites for hydroxylation is 1. The highest BCUT2D eigenvalue weighted by atomic mass is 32.1. The van der Waals surface area contributed by atoms with Crippen molar-refractivity contribution < 1.29 is 33.4 Å². The van der Waals surface area contributed by atoms with Crippen molar-refractivity contribution in [2.24, 2.45) is 11.3 Å². The number of thiazole rings is 1. The molecule has 1 aliphatic carbocycles. The van der Waals surface area contributed by atoms with E-state index in [-0.39, 0.29) is 50.7 Å². The van der Waals surface area contributed by atoms with Crippen LogP contribution in [0.25, 0.3) is 10.4 Å². The third-order valence-corrected chi connectivity index (χ3v) is 8.87. The first kappa shape index (κ1) is 32.5. The van der Waals surface area contributed by atoms with Gasteiger partial charge in [0, 0.05) is 31.0 Å². The van der Waals surface area contributed by atoms with Crippen LogP contribution >= 0.6 is 11.3 Å². The summed E-state index contributed by atoms with van der Waals surface area (Å²) in [7, 11) is 0. The molecule has 2 fully saturated rings. The van der Waals surface area contributed by atoms with Crippen molar-refractivity contribution in [1.29, 1.82) is 0 Å². The van der Waals surface area contributed by atoms with Gasteiger partial charge in [0.1, 0.15) is 24.4 Å². The van der Waals surface area contributed by atoms with Gasteiger partial charge in [0.15, 0.2) is 11.5 Å². The van der Waals surface area contributed by atoms with Crippen LogP contribution < -0.4 is 15.4 Å². The van der Waals surface area contributed by atoms with Crippen molar-refractivity contribution in [3.05, 3.63) is 35.0 Å². The number of amides is 3. The van der Waals surface area contributed by atoms with E-state index in [4.69, 9.17) is 4.74 Å². The molecule has 4 rings (SSSR count). The predicted molar refractivity (Wildman–Crippen MR) is 160 cm³/mol. The Morgan fingerprint density at radius 2 is 1.93 bits per heavy atom. The molecule has 3 atom stereocenters. The first-order valence-corrected chi connectivity index (χ1v) is 15.4. The summed E-state index contributed by atoms with van der Waals surface area (Å²) in [6.07, 6.45) is -0.695. The number of aromatic nitrogens is 1. The molecule has 43 heavy (non-hydrogen) atoms. The van der Waals surface area contributed by atoms with Crippen LogP contribution in [0.4, 0.5) is 4.39 Å². The molecule has 2 aromatic rings. The number of hydrogen-bond donors (Lipinski definition) is 3. The SMILES string of the molecule is Cc1ncsc1-c1ccc(CNC(=O)[C@@H]2C[C@@H](O)CN2C(=O)[C@@H](NC(=O)C2(F)CC2)C(C)(C)C)c(OCC(=O)C(C)C)c1. The molecule has 12 heteroatoms. The molecule has 10 nitrogen and oxygen atoms in total. The molecule has 1 aromatic heterocycles. The van der Waals surface area contributed by atoms with Gasteiger partial charge in [-0.3, -0.25) is 19.2 Å². The number of nitrogens with zero attached hydrogens (tertiary/aromatic N) is 2. The summed E-state index contributed by atoms with van der Waals surface area (Å²) in [5, 5.41) is 15.8. The number of ether oxygens (including phenoxy) is 1. The van der Waals surface area contributed by atoms with Gasteiger partial charge in [-0.2, -0.15) is 0 Å². The van der Waals surface area contributed by atoms with E-state index >= 15 is 0 Å². The molecule has 0 bridgehead atoms. The third-order valence-electron chi connectivity index (χ3n) is 7.89. The fourth-order valence-electron chi connectivity index (χ4n) is 4.89. The van der Waals surface area contributed by atoms with Crippen molar-refractivity contribution in [2.75, 3.05) is 13.2 Å². The largest absolute Gasteiger partial charge is 0.485 e. The van der Waals surface area contributed by atoms with Gasteiger partial charge in [-0.15, -0.1) is 11.3 Å². The summed E-state index contributed by atoms with van der Waals surface area (Å²) in [6, 6.07) is 3.44. The summed E-state index contributed by atoms with van der Waals surface area (Å²) >= 11 is 1.49. The van der Waals surface area contributed by atoms with Crippen LogP contribution in [0.5, 0.6) is 5.75 Å². The van der Waals surface area contributed by atoms with E-state index in [9.17, 15) is 28.7 Å². The van der Waals surface area contributed by atoms with Crippen LogP contribution in [0, 0.1) is 18.3 Å². The van der Waals surface area contributed by atoms with Gasteiger partial charge in [-0.1, -0.05) is 46.8 Å². The van der Waals surface area contributed by atoms with Gasteiger partial charge in [0.2, 0.25) is 11.8 Å². The second kappa shape index (κ2) is 12.7. The third kappa shape index (κ3) is 7.59. The summed E-state index contributed by atoms with van der Waals surface area (Å²) < 4.78 is 20.4. The number of Topliss-reactive ketones (excluding diaryl/α,β-unsaturated/α-hetero) is 1. The second-order valence-electron chi connectivity index (χ2n) is 12.9. The number of halogens is 1. The van der Waals surface area contributed by atoms with Crippen molar-refractivity contribution >= 4 is 34.8 Å². The molecule has 1 aliphatic heterocycles. The fourth-order valence-corrected chi connectivity index (χ4v) is 5.69.